The van der Waals surface area contributed by atoms with Crippen molar-refractivity contribution in [3.63, 3.8) is 0 Å². The summed E-state index contributed by atoms with van der Waals surface area (Å²) >= 11 is 6.05. The van der Waals surface area contributed by atoms with Crippen LogP contribution in [0.3, 0.4) is 0 Å². The standard InChI is InChI=1S/C24H27ClF3N5O/c1-4-14-31(3)23-29-19-21(32(23)5-2)30-20(15-6-8-16(9-7-15)24(26,27)28)33(22(19)34)18-12-10-17(25)11-13-18/h4,10-13,15-16H,1,5-9,14H2,2-3H3. The molecule has 0 atom stereocenters. The SMILES string of the molecule is C=CCN(C)c1nc2c(=O)n(-c3ccc(Cl)cc3)c(C3CCC(C(F)(F)F)CC3)nc2n1CC. The van der Waals surface area contributed by atoms with Crippen molar-refractivity contribution < 1.29 is 13.2 Å². The number of halogens is 4. The van der Waals surface area contributed by atoms with Crippen LogP contribution in [0.15, 0.2) is 41.7 Å². The maximum Gasteiger partial charge on any atom is 0.391 e. The summed E-state index contributed by atoms with van der Waals surface area (Å²) in [5, 5.41) is 0.515. The van der Waals surface area contributed by atoms with E-state index in [-0.39, 0.29) is 29.8 Å². The van der Waals surface area contributed by atoms with Gasteiger partial charge in [0.1, 0.15) is 5.82 Å². The van der Waals surface area contributed by atoms with Gasteiger partial charge in [-0.15, -0.1) is 6.58 Å². The monoisotopic (exact) mass is 493 g/mol. The van der Waals surface area contributed by atoms with E-state index in [9.17, 15) is 18.0 Å². The molecule has 0 aliphatic heterocycles. The number of rotatable bonds is 6. The molecule has 0 unspecified atom stereocenters. The summed E-state index contributed by atoms with van der Waals surface area (Å²) in [5.74, 6) is -0.542. The zero-order chi connectivity index (χ0) is 24.6. The zero-order valence-corrected chi connectivity index (χ0v) is 19.9. The highest BCUT2D eigenvalue weighted by molar-refractivity contribution is 6.30. The number of aryl methyl sites for hydroxylation is 1. The van der Waals surface area contributed by atoms with Crippen LogP contribution in [0.5, 0.6) is 0 Å². The van der Waals surface area contributed by atoms with Gasteiger partial charge in [0.15, 0.2) is 11.2 Å². The van der Waals surface area contributed by atoms with E-state index in [2.05, 4.69) is 11.6 Å². The first kappa shape index (κ1) is 24.3. The largest absolute Gasteiger partial charge is 0.391 e. The second kappa shape index (κ2) is 9.44. The summed E-state index contributed by atoms with van der Waals surface area (Å²) in [7, 11) is 1.85. The molecule has 34 heavy (non-hydrogen) atoms. The van der Waals surface area contributed by atoms with E-state index in [4.69, 9.17) is 16.6 Å². The van der Waals surface area contributed by atoms with Gasteiger partial charge in [0.2, 0.25) is 5.95 Å². The molecular formula is C24H27ClF3N5O. The zero-order valence-electron chi connectivity index (χ0n) is 19.1. The molecule has 182 valence electrons. The van der Waals surface area contributed by atoms with Gasteiger partial charge in [0.05, 0.1) is 11.6 Å². The molecule has 0 saturated heterocycles. The lowest BCUT2D eigenvalue weighted by molar-refractivity contribution is -0.182. The molecule has 0 bridgehead atoms. The minimum atomic E-state index is -4.20. The highest BCUT2D eigenvalue weighted by atomic mass is 35.5. The third-order valence-corrected chi connectivity index (χ3v) is 6.73. The Morgan fingerprint density at radius 3 is 2.38 bits per heavy atom. The van der Waals surface area contributed by atoms with Crippen molar-refractivity contribution in [2.45, 2.75) is 51.2 Å². The molecule has 0 radical (unpaired) electrons. The number of hydrogen-bond acceptors (Lipinski definition) is 4. The first-order valence-electron chi connectivity index (χ1n) is 11.3. The molecule has 2 aromatic heterocycles. The van der Waals surface area contributed by atoms with Crippen molar-refractivity contribution in [1.29, 1.82) is 0 Å². The normalized spacial score (nSPS) is 18.9. The van der Waals surface area contributed by atoms with Crippen molar-refractivity contribution in [3.05, 3.63) is 58.1 Å². The van der Waals surface area contributed by atoms with Crippen LogP contribution < -0.4 is 10.5 Å². The summed E-state index contributed by atoms with van der Waals surface area (Å²) in [6, 6.07) is 6.77. The fraction of sp³-hybridized carbons (Fsp3) is 0.458. The number of imidazole rings is 1. The van der Waals surface area contributed by atoms with Gasteiger partial charge >= 0.3 is 6.18 Å². The van der Waals surface area contributed by atoms with Gasteiger partial charge in [-0.1, -0.05) is 17.7 Å². The highest BCUT2D eigenvalue weighted by Crippen LogP contribution is 2.43. The van der Waals surface area contributed by atoms with Crippen molar-refractivity contribution in [3.8, 4) is 5.69 Å². The molecule has 1 aromatic carbocycles. The maximum atomic E-state index is 13.8. The molecule has 0 N–H and O–H groups in total. The van der Waals surface area contributed by atoms with Crippen molar-refractivity contribution >= 4 is 28.7 Å². The second-order valence-electron chi connectivity index (χ2n) is 8.67. The maximum absolute atomic E-state index is 13.8. The van der Waals surface area contributed by atoms with Crippen LogP contribution in [0.2, 0.25) is 5.02 Å². The number of likely N-dealkylation sites (N-methyl/N-ethyl adjacent to an activating group) is 1. The Bertz CT molecular complexity index is 1240. The Balaban J connectivity index is 1.90. The van der Waals surface area contributed by atoms with Gasteiger partial charge in [0, 0.05) is 31.1 Å². The minimum Gasteiger partial charge on any atom is -0.342 e. The number of anilines is 1. The summed E-state index contributed by atoms with van der Waals surface area (Å²) in [6.45, 7) is 6.76. The fourth-order valence-corrected chi connectivity index (χ4v) is 4.83. The minimum absolute atomic E-state index is 0.0169. The first-order valence-corrected chi connectivity index (χ1v) is 11.7. The first-order chi connectivity index (χ1) is 16.2. The van der Waals surface area contributed by atoms with Crippen LogP contribution in [0.4, 0.5) is 19.1 Å². The molecule has 1 fully saturated rings. The molecular weight excluding hydrogens is 467 g/mol. The summed E-state index contributed by atoms with van der Waals surface area (Å²) in [6.07, 6.45) is -1.82. The molecule has 10 heteroatoms. The van der Waals surface area contributed by atoms with Crippen LogP contribution in [0, 0.1) is 5.92 Å². The Labute approximate surface area is 200 Å². The lowest BCUT2D eigenvalue weighted by atomic mass is 9.81. The number of alkyl halides is 3. The molecule has 3 aromatic rings. The molecule has 1 aliphatic carbocycles. The lowest BCUT2D eigenvalue weighted by Crippen LogP contribution is -2.31. The van der Waals surface area contributed by atoms with Crippen LogP contribution >= 0.6 is 11.6 Å². The number of aromatic nitrogens is 4. The van der Waals surface area contributed by atoms with Crippen LogP contribution in [0.1, 0.15) is 44.3 Å². The average molecular weight is 494 g/mol. The summed E-state index contributed by atoms with van der Waals surface area (Å²) in [5.41, 5.74) is 0.872. The predicted octanol–water partition coefficient (Wildman–Crippen LogP) is 5.71. The average Bonchev–Trinajstić information content (AvgIpc) is 3.18. The van der Waals surface area contributed by atoms with E-state index in [0.717, 1.165) is 0 Å². The van der Waals surface area contributed by atoms with Gasteiger partial charge < -0.3 is 4.90 Å². The second-order valence-corrected chi connectivity index (χ2v) is 9.11. The molecule has 4 rings (SSSR count). The van der Waals surface area contributed by atoms with Crippen molar-refractivity contribution in [2.24, 2.45) is 5.92 Å². The number of benzene rings is 1. The molecule has 6 nitrogen and oxygen atoms in total. The molecule has 1 aliphatic rings. The van der Waals surface area contributed by atoms with E-state index in [1.807, 2.05) is 23.4 Å². The van der Waals surface area contributed by atoms with E-state index in [0.29, 0.717) is 54.1 Å². The summed E-state index contributed by atoms with van der Waals surface area (Å²) < 4.78 is 43.1. The van der Waals surface area contributed by atoms with Gasteiger partial charge in [-0.2, -0.15) is 13.2 Å². The fourth-order valence-electron chi connectivity index (χ4n) is 4.71. The van der Waals surface area contributed by atoms with E-state index in [1.165, 1.54) is 4.57 Å². The van der Waals surface area contributed by atoms with Gasteiger partial charge in [-0.3, -0.25) is 13.9 Å². The van der Waals surface area contributed by atoms with E-state index in [1.54, 1.807) is 30.3 Å². The van der Waals surface area contributed by atoms with Gasteiger partial charge in [-0.05, 0) is 56.9 Å². The third kappa shape index (κ3) is 4.45. The van der Waals surface area contributed by atoms with Crippen LogP contribution in [-0.4, -0.2) is 38.9 Å². The predicted molar refractivity (Wildman–Crippen MR) is 128 cm³/mol. The smallest absolute Gasteiger partial charge is 0.342 e. The number of hydrogen-bond donors (Lipinski definition) is 0. The van der Waals surface area contributed by atoms with Crippen LogP contribution in [0.25, 0.3) is 16.9 Å². The highest BCUT2D eigenvalue weighted by Gasteiger charge is 2.42. The van der Waals surface area contributed by atoms with Gasteiger partial charge in [0.25, 0.3) is 5.56 Å². The molecule has 2 heterocycles. The van der Waals surface area contributed by atoms with E-state index >= 15 is 0 Å². The Morgan fingerprint density at radius 1 is 1.18 bits per heavy atom. The van der Waals surface area contributed by atoms with Gasteiger partial charge in [-0.25, -0.2) is 9.97 Å². The topological polar surface area (TPSA) is 56.0 Å². The Hall–Kier alpha value is -2.81. The number of nitrogens with zero attached hydrogens (tertiary/aromatic N) is 5. The molecule has 1 saturated carbocycles. The molecule has 0 amide bonds. The van der Waals surface area contributed by atoms with Crippen molar-refractivity contribution in [1.82, 2.24) is 19.1 Å². The lowest BCUT2D eigenvalue weighted by Gasteiger charge is -2.30. The molecule has 0 spiro atoms. The van der Waals surface area contributed by atoms with Crippen molar-refractivity contribution in [2.75, 3.05) is 18.5 Å². The van der Waals surface area contributed by atoms with Crippen LogP contribution in [-0.2, 0) is 6.54 Å². The quantitative estimate of drug-likeness (QED) is 0.412. The Morgan fingerprint density at radius 2 is 1.82 bits per heavy atom. The van der Waals surface area contributed by atoms with E-state index < -0.39 is 12.1 Å². The summed E-state index contributed by atoms with van der Waals surface area (Å²) in [4.78, 5) is 25.1. The Kier molecular flexibility index (Phi) is 6.75. The number of fused-ring (bicyclic) bond motifs is 1. The third-order valence-electron chi connectivity index (χ3n) is 6.48.